The van der Waals surface area contributed by atoms with Crippen molar-refractivity contribution in [2.45, 2.75) is 91.0 Å². The first kappa shape index (κ1) is 431. The molecule has 434 valence electrons. The van der Waals surface area contributed by atoms with Crippen LogP contribution in [-0.4, -0.2) is 34.3 Å². The molecule has 0 fully saturated rings. The summed E-state index contributed by atoms with van der Waals surface area (Å²) in [6.07, 6.45) is 5.31. The number of imidazole rings is 1. The number of aryl methyl sites for hydroxylation is 5. The third-order valence-electron chi connectivity index (χ3n) is 5.17. The van der Waals surface area contributed by atoms with Gasteiger partial charge in [-0.3, -0.25) is 37.6 Å². The monoisotopic (exact) mass is 6130 g/mol. The van der Waals surface area contributed by atoms with Gasteiger partial charge in [-0.2, -0.15) is 35.7 Å². The van der Waals surface area contributed by atoms with E-state index >= 15 is 0 Å². The van der Waals surface area contributed by atoms with Gasteiger partial charge in [0, 0.05) is 2030 Å². The smallest absolute Gasteiger partial charge is 0.111 e. The van der Waals surface area contributed by atoms with Gasteiger partial charge in [0.1, 0.15) is 24.3 Å². The zero-order valence-electron chi connectivity index (χ0n) is 63.9. The molecular weight excluding hydrogens is 6080 g/mol. The molecule has 0 saturated carbocycles. The average molecular weight is 6130 g/mol. The summed E-state index contributed by atoms with van der Waals surface area (Å²) in [5.41, 5.74) is 7.39. The van der Waals surface area contributed by atoms with E-state index < -0.39 is 0 Å². The number of nitrogens with zero attached hydrogens (tertiary/aromatic N) is 7. The predicted molar refractivity (Wildman–Crippen MR) is 194 cm³/mol. The van der Waals surface area contributed by atoms with Crippen molar-refractivity contribution in [1.29, 1.82) is 0 Å². The molecule has 0 N–H and O–H groups in total. The van der Waals surface area contributed by atoms with Crippen LogP contribution in [0.5, 0.6) is 0 Å². The minimum atomic E-state index is 0. The summed E-state index contributed by atoms with van der Waals surface area (Å²) in [5, 5.41) is 0. The van der Waals surface area contributed by atoms with Crippen molar-refractivity contribution in [3.8, 4) is 22.5 Å². The fraction of sp³-hybridized carbons (Fsp3) is 0.333. The molecule has 6 aromatic rings. The molecule has 62 radical (unpaired) electrons. The quantitative estimate of drug-likeness (QED) is 0.161. The van der Waals surface area contributed by atoms with Crippen molar-refractivity contribution in [3.05, 3.63) is 126 Å². The molecule has 0 unspecified atom stereocenters. The fourth-order valence-corrected chi connectivity index (χ4v) is 3.58. The van der Waals surface area contributed by atoms with E-state index in [1.165, 1.54) is 0 Å². The Labute approximate surface area is 2220 Å². The van der Waals surface area contributed by atoms with Gasteiger partial charge in [-0.15, -0.1) is 12.1 Å². The molecule has 2 aromatic carbocycles. The molecule has 7 nitrogen and oxygen atoms in total. The number of benzene rings is 2. The number of rotatable bonds is 2. The first-order chi connectivity index (χ1) is 21.4. The van der Waals surface area contributed by atoms with Crippen LogP contribution in [0.1, 0.15) is 85.1 Å². The van der Waals surface area contributed by atoms with Crippen molar-refractivity contribution >= 4 is 5.52 Å². The summed E-state index contributed by atoms with van der Waals surface area (Å²) in [4.78, 5) is 25.0. The fourth-order valence-electron chi connectivity index (χ4n) is 3.58. The van der Waals surface area contributed by atoms with E-state index in [0.29, 0.717) is 0 Å². The normalized spacial score (nSPS) is 3.77. The number of hydrogen-bond acceptors (Lipinski definition) is 6. The standard InChI is InChI=1S/2C12H10N2.C7H7N3.3C2H6.2CH4.62Y/c2*1-9-8-12(14-10(2)13-9)11-6-4-3-5-7-11;1-6-2-7-3-8-4-10(7)5-9-6;3*1-2;;;;;;;;;;;;;;;;;;;;;;;;;;;;;;;;;;;;;;;;;;;;;;;;;;;;;;;;;;;;;;;;/h2*3-6H,1-2H3;2-5H,1H3;3*1-2H3;2*1H4;;;;;;;;;;;;;;;;;;;;;;;;;;;;;;;;;;;;;;;;;;;;;;;;;;;;;;;;;;;;;;/q2*-2;;;;;;;;;;;;;;;;;;;;;;;;;;;;;;;;;;;;;;;;;;;;;;;;;;;;;;;;;;;;;;;;;;;;. The largest absolute Gasteiger partial charge is 0.322 e. The van der Waals surface area contributed by atoms with Gasteiger partial charge < -0.3 is 9.97 Å². The Balaban J connectivity index is -0.00000000326. The molecule has 0 saturated heterocycles. The third kappa shape index (κ3) is 283. The topological polar surface area (TPSA) is 81.8 Å². The van der Waals surface area contributed by atoms with Crippen LogP contribution in [0.3, 0.4) is 0 Å². The molecule has 0 amide bonds. The second-order valence-corrected chi connectivity index (χ2v) is 8.47. The molecule has 0 aliphatic rings. The zero-order valence-corrected chi connectivity index (χ0v) is 240. The Morgan fingerprint density at radius 3 is 0.620 bits per heavy atom. The van der Waals surface area contributed by atoms with E-state index in [-0.39, 0.29) is 2040 Å². The Kier molecular flexibility index (Phi) is 1390. The molecular formula is C39H53N7Y62-4. The van der Waals surface area contributed by atoms with Crippen LogP contribution < -0.4 is 0 Å². The summed E-state index contributed by atoms with van der Waals surface area (Å²) in [6.45, 7) is 21.6. The first-order valence-electron chi connectivity index (χ1n) is 15.0. The second kappa shape index (κ2) is 349. The van der Waals surface area contributed by atoms with Crippen molar-refractivity contribution in [3.63, 3.8) is 0 Å². The maximum absolute atomic E-state index is 4.31. The van der Waals surface area contributed by atoms with Crippen LogP contribution in [-0.2, 0) is 2030 Å². The third-order valence-corrected chi connectivity index (χ3v) is 5.17. The van der Waals surface area contributed by atoms with Crippen molar-refractivity contribution in [2.75, 3.05) is 0 Å². The molecule has 0 atom stereocenters. The van der Waals surface area contributed by atoms with E-state index in [9.17, 15) is 0 Å². The molecule has 0 bridgehead atoms. The summed E-state index contributed by atoms with van der Waals surface area (Å²) >= 11 is 0. The molecule has 4 aromatic heterocycles. The van der Waals surface area contributed by atoms with Gasteiger partial charge in [-0.1, -0.05) is 67.8 Å². The van der Waals surface area contributed by atoms with Crippen LogP contribution >= 0.6 is 0 Å². The van der Waals surface area contributed by atoms with Crippen LogP contribution in [0, 0.1) is 58.9 Å². The summed E-state index contributed by atoms with van der Waals surface area (Å²) in [6, 6.07) is 29.9. The van der Waals surface area contributed by atoms with Crippen molar-refractivity contribution < 1.29 is 2030 Å². The van der Waals surface area contributed by atoms with Gasteiger partial charge in [-0.25, -0.2) is 34.2 Å². The van der Waals surface area contributed by atoms with E-state index in [1.807, 2.05) is 141 Å². The molecule has 0 spiro atoms. The minimum absolute atomic E-state index is 0. The van der Waals surface area contributed by atoms with Crippen molar-refractivity contribution in [2.24, 2.45) is 0 Å². The molecule has 4 heterocycles. The van der Waals surface area contributed by atoms with E-state index in [0.717, 1.165) is 56.8 Å². The number of fused-ring (bicyclic) bond motifs is 1. The van der Waals surface area contributed by atoms with E-state index in [1.54, 1.807) is 12.7 Å². The molecule has 69 heteroatoms. The minimum Gasteiger partial charge on any atom is -0.322 e. The average Bonchev–Trinajstić information content (AvgIpc) is 3.52. The maximum atomic E-state index is 4.31. The SMILES string of the molecule is C.C.CC.CC.CC.Cc1[c-]c(-c2[c-]cccc2)nc(C)n1.Cc1[c-]c(-c2[c-]cccc2)nc(C)n1.Cc1cc2cncn2cn1.[Y].[Y].[Y].[Y].[Y].[Y].[Y].[Y].[Y].[Y].[Y].[Y].[Y].[Y].[Y].[Y].[Y].[Y].[Y].[Y].[Y].[Y].[Y].[Y].[Y].[Y].[Y].[Y].[Y].[Y].[Y].[Y].[Y].[Y].[Y].[Y].[Y].[Y].[Y].[Y].[Y].[Y].[Y].[Y].[Y].[Y].[Y].[Y].[Y].[Y].[Y].[Y].[Y].[Y].[Y].[Y].[Y].[Y].[Y].[Y].[Y].[Y]. The van der Waals surface area contributed by atoms with Crippen LogP contribution in [0.2, 0.25) is 0 Å². The van der Waals surface area contributed by atoms with Crippen LogP contribution in [0.15, 0.2) is 73.4 Å². The second-order valence-electron chi connectivity index (χ2n) is 8.47. The molecule has 0 aliphatic heterocycles. The molecule has 6 rings (SSSR count). The Bertz CT molecular complexity index is 1590. The maximum Gasteiger partial charge on any atom is 0.111 e. The summed E-state index contributed by atoms with van der Waals surface area (Å²) < 4.78 is 1.88. The van der Waals surface area contributed by atoms with Gasteiger partial charge in [0.25, 0.3) is 0 Å². The molecule has 108 heavy (non-hydrogen) atoms. The summed E-state index contributed by atoms with van der Waals surface area (Å²) in [7, 11) is 0. The van der Waals surface area contributed by atoms with Crippen molar-refractivity contribution in [1.82, 2.24) is 34.3 Å². The molecule has 0 aliphatic carbocycles. The number of hydrogen-bond donors (Lipinski definition) is 0. The van der Waals surface area contributed by atoms with E-state index in [4.69, 9.17) is 0 Å². The Morgan fingerprint density at radius 2 is 0.454 bits per heavy atom. The van der Waals surface area contributed by atoms with Gasteiger partial charge >= 0.3 is 0 Å². The summed E-state index contributed by atoms with van der Waals surface area (Å²) in [5.74, 6) is 1.54. The van der Waals surface area contributed by atoms with Crippen LogP contribution in [0.25, 0.3) is 28.0 Å². The zero-order chi connectivity index (χ0) is 32.9. The van der Waals surface area contributed by atoms with Gasteiger partial charge in [-0.05, 0) is 40.7 Å². The Hall–Kier alpha value is 63.7. The number of aromatic nitrogens is 7. The predicted octanol–water partition coefficient (Wildman–Crippen LogP) is 9.96. The Morgan fingerprint density at radius 1 is 0.259 bits per heavy atom. The van der Waals surface area contributed by atoms with Gasteiger partial charge in [0.2, 0.25) is 0 Å². The first-order valence-corrected chi connectivity index (χ1v) is 15.0. The van der Waals surface area contributed by atoms with Gasteiger partial charge in [0.15, 0.2) is 0 Å². The van der Waals surface area contributed by atoms with E-state index in [2.05, 4.69) is 54.2 Å². The van der Waals surface area contributed by atoms with Crippen LogP contribution in [0.4, 0.5) is 0 Å². The van der Waals surface area contributed by atoms with Gasteiger partial charge in [0.05, 0.1) is 11.7 Å².